The van der Waals surface area contributed by atoms with Gasteiger partial charge in [0.15, 0.2) is 5.76 Å². The van der Waals surface area contributed by atoms with Crippen molar-refractivity contribution in [2.24, 2.45) is 0 Å². The van der Waals surface area contributed by atoms with E-state index >= 15 is 0 Å². The van der Waals surface area contributed by atoms with Gasteiger partial charge in [0.25, 0.3) is 5.91 Å². The summed E-state index contributed by atoms with van der Waals surface area (Å²) in [6, 6.07) is 9.09. The van der Waals surface area contributed by atoms with Crippen molar-refractivity contribution in [1.29, 1.82) is 0 Å². The Labute approximate surface area is 171 Å². The Bertz CT molecular complexity index is 1120. The van der Waals surface area contributed by atoms with E-state index in [1.54, 1.807) is 4.90 Å². The van der Waals surface area contributed by atoms with Crippen molar-refractivity contribution in [3.05, 3.63) is 58.9 Å². The number of likely N-dealkylation sites (tertiary alicyclic amines) is 1. The number of aromatic nitrogens is 2. The van der Waals surface area contributed by atoms with Crippen molar-refractivity contribution < 1.29 is 23.4 Å². The van der Waals surface area contributed by atoms with Crippen LogP contribution in [0.1, 0.15) is 16.6 Å². The molecule has 2 aliphatic heterocycles. The van der Waals surface area contributed by atoms with E-state index in [-0.39, 0.29) is 35.7 Å². The number of rotatable bonds is 3. The molecule has 2 fully saturated rings. The predicted octanol–water partition coefficient (Wildman–Crippen LogP) is 1.48. The van der Waals surface area contributed by atoms with Crippen molar-refractivity contribution in [1.82, 2.24) is 14.5 Å². The molecule has 5 rings (SSSR count). The number of para-hydroxylation sites is 2. The molecule has 9 heteroatoms. The highest BCUT2D eigenvalue weighted by atomic mass is 16.6. The lowest BCUT2D eigenvalue weighted by molar-refractivity contribution is -0.00461. The Balaban J connectivity index is 1.27. The van der Waals surface area contributed by atoms with Crippen LogP contribution in [0, 0.1) is 0 Å². The molecule has 9 nitrogen and oxygen atoms in total. The van der Waals surface area contributed by atoms with E-state index in [0.29, 0.717) is 26.3 Å². The Hall–Kier alpha value is -3.17. The molecule has 0 bridgehead atoms. The lowest BCUT2D eigenvalue weighted by atomic mass is 10.2. The summed E-state index contributed by atoms with van der Waals surface area (Å²) in [5.74, 6) is -0.338. The number of benzene rings is 1. The molecule has 0 radical (unpaired) electrons. The number of nitrogens with zero attached hydrogens (tertiary/aromatic N) is 3. The second-order valence-electron chi connectivity index (χ2n) is 7.42. The Kier molecular flexibility index (Phi) is 4.76. The number of amides is 1. The highest BCUT2D eigenvalue weighted by Gasteiger charge is 2.40. The molecule has 156 valence electrons. The van der Waals surface area contributed by atoms with Gasteiger partial charge in [0, 0.05) is 6.07 Å². The van der Waals surface area contributed by atoms with E-state index in [0.717, 1.165) is 23.4 Å². The summed E-state index contributed by atoms with van der Waals surface area (Å²) in [4.78, 5) is 30.7. The van der Waals surface area contributed by atoms with Crippen LogP contribution < -0.4 is 10.2 Å². The minimum absolute atomic E-state index is 0.00626. The summed E-state index contributed by atoms with van der Waals surface area (Å²) in [5, 5.41) is 0. The first-order valence-corrected chi connectivity index (χ1v) is 9.75. The van der Waals surface area contributed by atoms with Crippen LogP contribution in [0.5, 0.6) is 5.75 Å². The number of hydrogen-bond acceptors (Lipinski definition) is 7. The summed E-state index contributed by atoms with van der Waals surface area (Å²) in [6.45, 7) is 1.66. The number of carbonyl (C=O) groups excluding carboxylic acids is 1. The lowest BCUT2D eigenvalue weighted by Crippen LogP contribution is -2.31. The molecule has 0 saturated carbocycles. The number of fused-ring (bicyclic) bond motifs is 2. The van der Waals surface area contributed by atoms with Crippen LogP contribution in [-0.4, -0.2) is 66.0 Å². The van der Waals surface area contributed by atoms with E-state index in [2.05, 4.69) is 9.55 Å². The molecule has 2 saturated heterocycles. The number of imidazole rings is 1. The van der Waals surface area contributed by atoms with Gasteiger partial charge in [0.1, 0.15) is 18.5 Å². The largest absolute Gasteiger partial charge is 0.490 e. The van der Waals surface area contributed by atoms with Crippen molar-refractivity contribution in [3.8, 4) is 5.75 Å². The van der Waals surface area contributed by atoms with Crippen molar-refractivity contribution in [2.75, 3.05) is 33.4 Å². The molecule has 0 spiro atoms. The smallest absolute Gasteiger partial charge is 0.289 e. The first kappa shape index (κ1) is 18.8. The molecular formula is C21H21N3O6. The highest BCUT2D eigenvalue weighted by Crippen LogP contribution is 2.27. The van der Waals surface area contributed by atoms with Gasteiger partial charge in [-0.3, -0.25) is 9.59 Å². The van der Waals surface area contributed by atoms with E-state index < -0.39 is 5.43 Å². The Morgan fingerprint density at radius 1 is 1.17 bits per heavy atom. The van der Waals surface area contributed by atoms with Gasteiger partial charge in [-0.05, 0) is 12.1 Å². The molecule has 30 heavy (non-hydrogen) atoms. The van der Waals surface area contributed by atoms with Gasteiger partial charge < -0.3 is 28.1 Å². The molecule has 2 atom stereocenters. The van der Waals surface area contributed by atoms with Gasteiger partial charge in [0.2, 0.25) is 11.2 Å². The first-order chi connectivity index (χ1) is 14.6. The zero-order valence-electron chi connectivity index (χ0n) is 16.4. The van der Waals surface area contributed by atoms with E-state index in [4.69, 9.17) is 18.6 Å². The van der Waals surface area contributed by atoms with Crippen LogP contribution in [0.4, 0.5) is 0 Å². The molecule has 1 aromatic carbocycles. The molecule has 3 aromatic rings. The highest BCUT2D eigenvalue weighted by molar-refractivity contribution is 5.91. The Morgan fingerprint density at radius 2 is 1.90 bits per heavy atom. The first-order valence-electron chi connectivity index (χ1n) is 9.75. The van der Waals surface area contributed by atoms with Crippen molar-refractivity contribution >= 4 is 16.9 Å². The van der Waals surface area contributed by atoms with E-state index in [1.807, 2.05) is 30.6 Å². The zero-order chi connectivity index (χ0) is 20.7. The standard InChI is InChI=1S/C21H21N3O6/c1-27-20-11-30-17(6-16(20)25)21(26)23-7-18-19(8-23)29-10-13(9-28-18)24-12-22-14-4-2-3-5-15(14)24/h2-6,11-13,18-19H,7-10H2,1H3/t18-,19-/m0/s1. The van der Waals surface area contributed by atoms with Gasteiger partial charge in [-0.1, -0.05) is 12.1 Å². The van der Waals surface area contributed by atoms with Crippen LogP contribution in [0.15, 0.2) is 52.1 Å². The van der Waals surface area contributed by atoms with Crippen LogP contribution >= 0.6 is 0 Å². The molecule has 1 amide bonds. The minimum Gasteiger partial charge on any atom is -0.490 e. The monoisotopic (exact) mass is 411 g/mol. The SMILES string of the molecule is COc1coc(C(=O)N2C[C@@H]3OCC(n4cnc5ccccc54)CO[C@H]3C2)cc1=O. The van der Waals surface area contributed by atoms with E-state index in [9.17, 15) is 9.59 Å². The normalized spacial score (nSPS) is 22.1. The zero-order valence-corrected chi connectivity index (χ0v) is 16.4. The summed E-state index contributed by atoms with van der Waals surface area (Å²) in [5.41, 5.74) is 1.57. The maximum atomic E-state index is 12.8. The quantitative estimate of drug-likeness (QED) is 0.644. The predicted molar refractivity (Wildman–Crippen MR) is 106 cm³/mol. The van der Waals surface area contributed by atoms with E-state index in [1.165, 1.54) is 7.11 Å². The van der Waals surface area contributed by atoms with Crippen LogP contribution in [0.3, 0.4) is 0 Å². The Morgan fingerprint density at radius 3 is 2.60 bits per heavy atom. The fraction of sp³-hybridized carbons (Fsp3) is 0.381. The second kappa shape index (κ2) is 7.58. The van der Waals surface area contributed by atoms with Crippen molar-refractivity contribution in [2.45, 2.75) is 18.2 Å². The lowest BCUT2D eigenvalue weighted by Gasteiger charge is -2.19. The van der Waals surface area contributed by atoms with Gasteiger partial charge >= 0.3 is 0 Å². The number of methoxy groups -OCH3 is 1. The van der Waals surface area contributed by atoms with Gasteiger partial charge in [-0.2, -0.15) is 0 Å². The number of carbonyl (C=O) groups is 1. The average Bonchev–Trinajstić information content (AvgIpc) is 3.33. The molecule has 2 aliphatic rings. The maximum Gasteiger partial charge on any atom is 0.289 e. The van der Waals surface area contributed by atoms with Gasteiger partial charge in [-0.25, -0.2) is 4.98 Å². The minimum atomic E-state index is -0.400. The van der Waals surface area contributed by atoms with Gasteiger partial charge in [0.05, 0.1) is 56.8 Å². The maximum absolute atomic E-state index is 12.8. The van der Waals surface area contributed by atoms with Crippen LogP contribution in [0.2, 0.25) is 0 Å². The summed E-state index contributed by atoms with van der Waals surface area (Å²) < 4.78 is 24.5. The fourth-order valence-electron chi connectivity index (χ4n) is 3.99. The average molecular weight is 411 g/mol. The molecule has 0 N–H and O–H groups in total. The van der Waals surface area contributed by atoms with Crippen molar-refractivity contribution in [3.63, 3.8) is 0 Å². The van der Waals surface area contributed by atoms with Crippen LogP contribution in [-0.2, 0) is 9.47 Å². The third kappa shape index (κ3) is 3.25. The van der Waals surface area contributed by atoms with Crippen LogP contribution in [0.25, 0.3) is 11.0 Å². The molecule has 0 unspecified atom stereocenters. The molecule has 2 aromatic heterocycles. The third-order valence-corrected chi connectivity index (χ3v) is 5.61. The fourth-order valence-corrected chi connectivity index (χ4v) is 3.99. The molecule has 0 aliphatic carbocycles. The second-order valence-corrected chi connectivity index (χ2v) is 7.42. The van der Waals surface area contributed by atoms with Gasteiger partial charge in [-0.15, -0.1) is 0 Å². The summed E-state index contributed by atoms with van der Waals surface area (Å²) >= 11 is 0. The summed E-state index contributed by atoms with van der Waals surface area (Å²) in [7, 11) is 1.37. The topological polar surface area (TPSA) is 96.0 Å². The molecular weight excluding hydrogens is 390 g/mol. The number of ether oxygens (including phenoxy) is 3. The summed E-state index contributed by atoms with van der Waals surface area (Å²) in [6.07, 6.45) is 2.49. The number of hydrogen-bond donors (Lipinski definition) is 0. The third-order valence-electron chi connectivity index (χ3n) is 5.61. The molecule has 4 heterocycles.